The van der Waals surface area contributed by atoms with E-state index in [1.807, 2.05) is 24.3 Å². The molecule has 0 bridgehead atoms. The molecule has 0 aliphatic heterocycles. The molecule has 0 spiro atoms. The van der Waals surface area contributed by atoms with Crippen molar-refractivity contribution in [3.05, 3.63) is 40.4 Å². The molecule has 2 heteroatoms. The highest BCUT2D eigenvalue weighted by Crippen LogP contribution is 2.66. The molecule has 150 valence electrons. The molecule has 0 radical (unpaired) electrons. The second-order valence-corrected chi connectivity index (χ2v) is 11.0. The number of fused-ring (bicyclic) bond motifs is 5. The van der Waals surface area contributed by atoms with Crippen LogP contribution in [-0.4, -0.2) is 5.78 Å². The second-order valence-electron chi connectivity index (χ2n) is 10.6. The van der Waals surface area contributed by atoms with Crippen LogP contribution < -0.4 is 0 Å². The van der Waals surface area contributed by atoms with E-state index in [4.69, 9.17) is 11.6 Å². The minimum atomic E-state index is -0.147. The van der Waals surface area contributed by atoms with Crippen LogP contribution in [0, 0.1) is 34.5 Å². The zero-order chi connectivity index (χ0) is 19.5. The van der Waals surface area contributed by atoms with Crippen LogP contribution in [0.1, 0.15) is 77.2 Å². The monoisotopic (exact) mass is 396 g/mol. The Kier molecular flexibility index (Phi) is 4.54. The summed E-state index contributed by atoms with van der Waals surface area (Å²) in [4.78, 5) is 13.5. The molecule has 4 fully saturated rings. The van der Waals surface area contributed by atoms with E-state index in [0.29, 0.717) is 17.1 Å². The summed E-state index contributed by atoms with van der Waals surface area (Å²) in [5.74, 6) is 3.44. The fraction of sp³-hybridized carbons (Fsp3) is 0.654. The lowest BCUT2D eigenvalue weighted by atomic mass is 9.45. The molecule has 1 nitrogen and oxygen atoms in total. The van der Waals surface area contributed by atoms with Crippen molar-refractivity contribution in [3.63, 3.8) is 0 Å². The van der Waals surface area contributed by atoms with Gasteiger partial charge in [0.2, 0.25) is 0 Å². The van der Waals surface area contributed by atoms with Gasteiger partial charge in [0, 0.05) is 10.4 Å². The molecule has 1 aromatic carbocycles. The van der Waals surface area contributed by atoms with E-state index < -0.39 is 0 Å². The molecule has 6 atom stereocenters. The number of carbonyl (C=O) groups excluding carboxylic acids is 1. The molecule has 0 aromatic heterocycles. The average molecular weight is 397 g/mol. The predicted octanol–water partition coefficient (Wildman–Crippen LogP) is 7.34. The van der Waals surface area contributed by atoms with Gasteiger partial charge in [-0.15, -0.1) is 0 Å². The normalized spacial score (nSPS) is 44.1. The van der Waals surface area contributed by atoms with E-state index in [-0.39, 0.29) is 5.41 Å². The van der Waals surface area contributed by atoms with Gasteiger partial charge in [-0.2, -0.15) is 0 Å². The fourth-order valence-corrected chi connectivity index (χ4v) is 8.06. The van der Waals surface area contributed by atoms with Crippen molar-refractivity contribution in [1.29, 1.82) is 0 Å². The van der Waals surface area contributed by atoms with Crippen molar-refractivity contribution >= 4 is 23.5 Å². The lowest BCUT2D eigenvalue weighted by Gasteiger charge is -2.59. The number of carbonyl (C=O) groups is 1. The molecule has 4 aliphatic rings. The third kappa shape index (κ3) is 2.68. The van der Waals surface area contributed by atoms with Gasteiger partial charge in [0.25, 0.3) is 0 Å². The maximum Gasteiger partial charge on any atom is 0.165 e. The first kappa shape index (κ1) is 18.9. The van der Waals surface area contributed by atoms with E-state index >= 15 is 0 Å². The quantitative estimate of drug-likeness (QED) is 0.454. The first-order valence-electron chi connectivity index (χ1n) is 11.4. The standard InChI is InChI=1S/C26H33ClO/c1-25-13-6-5-8-19(25)10-11-20-21(25)12-14-26(2)22(20)16-18(24(26)28)15-17-7-3-4-9-23(17)27/h3-4,7,9,15,19-22H,5-6,8,10-14,16H2,1-2H3/b18-15+/t19-,20-,21+,22-,25-,26-/m1/s1. The molecule has 0 unspecified atom stereocenters. The number of hydrogen-bond acceptors (Lipinski definition) is 1. The second kappa shape index (κ2) is 6.73. The molecular formula is C26H33ClO. The average Bonchev–Trinajstić information content (AvgIpc) is 2.94. The SMILES string of the molecule is C[C@@]12CCCC[C@@H]1CC[C@H]1[C@H]3C/C(=C\c4ccccc4Cl)C(=O)[C@]3(C)CC[C@@H]12. The molecule has 5 rings (SSSR count). The summed E-state index contributed by atoms with van der Waals surface area (Å²) >= 11 is 6.39. The molecule has 0 saturated heterocycles. The van der Waals surface area contributed by atoms with Crippen LogP contribution in [0.25, 0.3) is 6.08 Å². The minimum absolute atomic E-state index is 0.147. The Labute approximate surface area is 174 Å². The molecule has 0 amide bonds. The van der Waals surface area contributed by atoms with Gasteiger partial charge < -0.3 is 0 Å². The van der Waals surface area contributed by atoms with Crippen LogP contribution in [-0.2, 0) is 4.79 Å². The molecule has 28 heavy (non-hydrogen) atoms. The lowest BCUT2D eigenvalue weighted by Crippen LogP contribution is -2.52. The maximum atomic E-state index is 13.5. The largest absolute Gasteiger partial charge is 0.294 e. The van der Waals surface area contributed by atoms with Gasteiger partial charge in [0.1, 0.15) is 0 Å². The van der Waals surface area contributed by atoms with E-state index in [0.717, 1.165) is 46.8 Å². The lowest BCUT2D eigenvalue weighted by molar-refractivity contribution is -0.137. The summed E-state index contributed by atoms with van der Waals surface area (Å²) in [6, 6.07) is 7.91. The summed E-state index contributed by atoms with van der Waals surface area (Å²) in [5, 5.41) is 0.746. The van der Waals surface area contributed by atoms with Crippen LogP contribution in [0.4, 0.5) is 0 Å². The highest BCUT2D eigenvalue weighted by molar-refractivity contribution is 6.32. The minimum Gasteiger partial charge on any atom is -0.294 e. The van der Waals surface area contributed by atoms with Gasteiger partial charge in [-0.05, 0) is 97.3 Å². The Morgan fingerprint density at radius 3 is 2.64 bits per heavy atom. The summed E-state index contributed by atoms with van der Waals surface area (Å²) in [6.07, 6.45) is 13.8. The summed E-state index contributed by atoms with van der Waals surface area (Å²) in [5.41, 5.74) is 2.40. The zero-order valence-electron chi connectivity index (χ0n) is 17.3. The van der Waals surface area contributed by atoms with Crippen LogP contribution >= 0.6 is 11.6 Å². The number of hydrogen-bond donors (Lipinski definition) is 0. The number of Topliss-reactive ketones (excluding diaryl/α,β-unsaturated/α-hetero) is 1. The predicted molar refractivity (Wildman–Crippen MR) is 116 cm³/mol. The number of benzene rings is 1. The first-order valence-corrected chi connectivity index (χ1v) is 11.8. The van der Waals surface area contributed by atoms with E-state index in [1.165, 1.54) is 44.9 Å². The van der Waals surface area contributed by atoms with Crippen molar-refractivity contribution in [2.24, 2.45) is 34.5 Å². The molecule has 0 heterocycles. The molecular weight excluding hydrogens is 364 g/mol. The molecule has 4 aliphatic carbocycles. The molecule has 1 aromatic rings. The maximum absolute atomic E-state index is 13.5. The van der Waals surface area contributed by atoms with Crippen LogP contribution in [0.15, 0.2) is 29.8 Å². The number of ketones is 1. The smallest absolute Gasteiger partial charge is 0.165 e. The highest BCUT2D eigenvalue weighted by Gasteiger charge is 2.60. The van der Waals surface area contributed by atoms with Gasteiger partial charge in [-0.1, -0.05) is 56.5 Å². The Morgan fingerprint density at radius 2 is 1.82 bits per heavy atom. The summed E-state index contributed by atoms with van der Waals surface area (Å²) < 4.78 is 0. The Balaban J connectivity index is 1.48. The number of rotatable bonds is 1. The van der Waals surface area contributed by atoms with Gasteiger partial charge in [0.15, 0.2) is 5.78 Å². The van der Waals surface area contributed by atoms with Crippen LogP contribution in [0.5, 0.6) is 0 Å². The number of allylic oxidation sites excluding steroid dienone is 1. The van der Waals surface area contributed by atoms with Gasteiger partial charge in [-0.25, -0.2) is 0 Å². The summed E-state index contributed by atoms with van der Waals surface area (Å²) in [6.45, 7) is 4.88. The van der Waals surface area contributed by atoms with Crippen LogP contribution in [0.3, 0.4) is 0 Å². The van der Waals surface area contributed by atoms with Crippen molar-refractivity contribution in [2.45, 2.75) is 71.6 Å². The van der Waals surface area contributed by atoms with Crippen molar-refractivity contribution in [3.8, 4) is 0 Å². The Bertz CT molecular complexity index is 825. The van der Waals surface area contributed by atoms with Gasteiger partial charge in [-0.3, -0.25) is 4.79 Å². The van der Waals surface area contributed by atoms with E-state index in [1.54, 1.807) is 0 Å². The molecule has 0 N–H and O–H groups in total. The third-order valence-electron chi connectivity index (χ3n) is 9.46. The van der Waals surface area contributed by atoms with Crippen molar-refractivity contribution in [1.82, 2.24) is 0 Å². The Morgan fingerprint density at radius 1 is 1.00 bits per heavy atom. The Hall–Kier alpha value is -1.08. The topological polar surface area (TPSA) is 17.1 Å². The van der Waals surface area contributed by atoms with E-state index in [9.17, 15) is 4.79 Å². The number of halogens is 1. The summed E-state index contributed by atoms with van der Waals surface area (Å²) in [7, 11) is 0. The molecule has 4 saturated carbocycles. The van der Waals surface area contributed by atoms with Crippen molar-refractivity contribution < 1.29 is 4.79 Å². The van der Waals surface area contributed by atoms with Gasteiger partial charge >= 0.3 is 0 Å². The van der Waals surface area contributed by atoms with Crippen LogP contribution in [0.2, 0.25) is 5.02 Å². The van der Waals surface area contributed by atoms with Crippen molar-refractivity contribution in [2.75, 3.05) is 0 Å². The third-order valence-corrected chi connectivity index (χ3v) is 9.80. The van der Waals surface area contributed by atoms with E-state index in [2.05, 4.69) is 19.9 Å². The zero-order valence-corrected chi connectivity index (χ0v) is 18.1. The fourth-order valence-electron chi connectivity index (χ4n) is 7.87. The highest BCUT2D eigenvalue weighted by atomic mass is 35.5. The van der Waals surface area contributed by atoms with Gasteiger partial charge in [0.05, 0.1) is 0 Å². The first-order chi connectivity index (χ1) is 13.4.